The fourth-order valence-electron chi connectivity index (χ4n) is 2.52. The Morgan fingerprint density at radius 1 is 1.00 bits per heavy atom. The molecular weight excluding hydrogens is 445 g/mol. The van der Waals surface area contributed by atoms with Crippen LogP contribution in [0.5, 0.6) is 5.75 Å². The van der Waals surface area contributed by atoms with Crippen LogP contribution in [0.2, 0.25) is 10.0 Å². The lowest BCUT2D eigenvalue weighted by atomic mass is 10.0. The highest BCUT2D eigenvalue weighted by molar-refractivity contribution is 9.10. The van der Waals surface area contributed by atoms with Crippen LogP contribution in [0.15, 0.2) is 71.2 Å². The molecule has 0 bridgehead atoms. The van der Waals surface area contributed by atoms with Gasteiger partial charge in [-0.25, -0.2) is 0 Å². The van der Waals surface area contributed by atoms with Gasteiger partial charge in [-0.15, -0.1) is 0 Å². The van der Waals surface area contributed by atoms with Gasteiger partial charge < -0.3 is 4.74 Å². The minimum Gasteiger partial charge on any atom is -0.488 e. The number of nitrogens with zero attached hydrogens (tertiary/aromatic N) is 1. The quantitative estimate of drug-likeness (QED) is 0.294. The maximum Gasteiger partial charge on any atom is 0.127 e. The van der Waals surface area contributed by atoms with Crippen molar-refractivity contribution < 1.29 is 4.74 Å². The standard InChI is InChI=1S/C22H14BrCl2NO/c23-19-6-9-22(27-14-15-2-1-3-21(25)10-15)17(12-19)11-18(13-26)16-4-7-20(24)8-5-16/h1-12H,14H2/b18-11+. The van der Waals surface area contributed by atoms with Crippen molar-refractivity contribution in [3.8, 4) is 11.8 Å². The Balaban J connectivity index is 1.91. The Kier molecular flexibility index (Phi) is 6.58. The largest absolute Gasteiger partial charge is 0.488 e. The SMILES string of the molecule is N#C/C(=C\c1cc(Br)ccc1OCc1cccc(Cl)c1)c1ccc(Cl)cc1. The molecule has 0 aliphatic carbocycles. The Morgan fingerprint density at radius 3 is 2.48 bits per heavy atom. The van der Waals surface area contributed by atoms with Crippen molar-refractivity contribution in [2.45, 2.75) is 6.61 Å². The van der Waals surface area contributed by atoms with Crippen LogP contribution < -0.4 is 4.74 Å². The van der Waals surface area contributed by atoms with E-state index < -0.39 is 0 Å². The van der Waals surface area contributed by atoms with E-state index >= 15 is 0 Å². The molecule has 0 N–H and O–H groups in total. The summed E-state index contributed by atoms with van der Waals surface area (Å²) in [6.07, 6.45) is 1.81. The van der Waals surface area contributed by atoms with Crippen molar-refractivity contribution in [1.29, 1.82) is 5.26 Å². The van der Waals surface area contributed by atoms with E-state index in [0.29, 0.717) is 28.0 Å². The van der Waals surface area contributed by atoms with Gasteiger partial charge in [0.25, 0.3) is 0 Å². The van der Waals surface area contributed by atoms with E-state index in [1.165, 1.54) is 0 Å². The monoisotopic (exact) mass is 457 g/mol. The topological polar surface area (TPSA) is 33.0 Å². The van der Waals surface area contributed by atoms with Crippen molar-refractivity contribution in [3.63, 3.8) is 0 Å². The molecule has 0 saturated heterocycles. The van der Waals surface area contributed by atoms with Gasteiger partial charge >= 0.3 is 0 Å². The summed E-state index contributed by atoms with van der Waals surface area (Å²) >= 11 is 15.4. The van der Waals surface area contributed by atoms with Crippen molar-refractivity contribution in [2.75, 3.05) is 0 Å². The van der Waals surface area contributed by atoms with Crippen LogP contribution in [0, 0.1) is 11.3 Å². The van der Waals surface area contributed by atoms with E-state index in [0.717, 1.165) is 21.2 Å². The summed E-state index contributed by atoms with van der Waals surface area (Å²) in [5.74, 6) is 0.680. The van der Waals surface area contributed by atoms with E-state index in [2.05, 4.69) is 22.0 Å². The van der Waals surface area contributed by atoms with E-state index in [-0.39, 0.29) is 0 Å². The number of hydrogen-bond acceptors (Lipinski definition) is 2. The van der Waals surface area contributed by atoms with Crippen molar-refractivity contribution in [3.05, 3.63) is 97.9 Å². The molecule has 0 spiro atoms. The Hall–Kier alpha value is -2.25. The third kappa shape index (κ3) is 5.37. The van der Waals surface area contributed by atoms with Gasteiger partial charge in [0.2, 0.25) is 0 Å². The normalized spacial score (nSPS) is 11.1. The number of nitriles is 1. The van der Waals surface area contributed by atoms with Gasteiger partial charge in [0.15, 0.2) is 0 Å². The molecule has 0 radical (unpaired) electrons. The van der Waals surface area contributed by atoms with E-state index in [1.807, 2.05) is 54.6 Å². The highest BCUT2D eigenvalue weighted by Crippen LogP contribution is 2.29. The van der Waals surface area contributed by atoms with Gasteiger partial charge in [0.05, 0.1) is 11.6 Å². The summed E-state index contributed by atoms with van der Waals surface area (Å²) in [7, 11) is 0. The second-order valence-electron chi connectivity index (χ2n) is 5.78. The predicted octanol–water partition coefficient (Wildman–Crippen LogP) is 7.40. The molecule has 0 aromatic heterocycles. The maximum atomic E-state index is 9.59. The predicted molar refractivity (Wildman–Crippen MR) is 115 cm³/mol. The third-order valence-electron chi connectivity index (χ3n) is 3.83. The van der Waals surface area contributed by atoms with Gasteiger partial charge in [-0.1, -0.05) is 63.4 Å². The van der Waals surface area contributed by atoms with Crippen LogP contribution in [0.4, 0.5) is 0 Å². The number of hydrogen-bond donors (Lipinski definition) is 0. The molecule has 0 atom stereocenters. The van der Waals surface area contributed by atoms with E-state index in [1.54, 1.807) is 18.2 Å². The zero-order valence-electron chi connectivity index (χ0n) is 14.1. The number of benzene rings is 3. The second-order valence-corrected chi connectivity index (χ2v) is 7.57. The minimum atomic E-state index is 0.381. The highest BCUT2D eigenvalue weighted by atomic mass is 79.9. The lowest BCUT2D eigenvalue weighted by Gasteiger charge is -2.11. The van der Waals surface area contributed by atoms with Crippen molar-refractivity contribution >= 4 is 50.8 Å². The van der Waals surface area contributed by atoms with Gasteiger partial charge in [-0.3, -0.25) is 0 Å². The molecule has 3 aromatic rings. The van der Waals surface area contributed by atoms with Crippen LogP contribution in [0.1, 0.15) is 16.7 Å². The average Bonchev–Trinajstić information content (AvgIpc) is 2.66. The summed E-state index contributed by atoms with van der Waals surface area (Å²) in [6, 6.07) is 22.6. The number of halogens is 3. The zero-order chi connectivity index (χ0) is 19.2. The summed E-state index contributed by atoms with van der Waals surface area (Å²) < 4.78 is 6.88. The van der Waals surface area contributed by atoms with Crippen LogP contribution in [0.3, 0.4) is 0 Å². The minimum absolute atomic E-state index is 0.381. The Labute approximate surface area is 176 Å². The molecule has 27 heavy (non-hydrogen) atoms. The molecule has 0 heterocycles. The average molecular weight is 459 g/mol. The molecule has 5 heteroatoms. The first-order valence-electron chi connectivity index (χ1n) is 8.10. The van der Waals surface area contributed by atoms with Crippen LogP contribution >= 0.6 is 39.1 Å². The van der Waals surface area contributed by atoms with Crippen molar-refractivity contribution in [1.82, 2.24) is 0 Å². The van der Waals surface area contributed by atoms with Crippen molar-refractivity contribution in [2.24, 2.45) is 0 Å². The van der Waals surface area contributed by atoms with E-state index in [9.17, 15) is 5.26 Å². The van der Waals surface area contributed by atoms with Gasteiger partial charge in [0, 0.05) is 20.1 Å². The fraction of sp³-hybridized carbons (Fsp3) is 0.0455. The summed E-state index contributed by atoms with van der Waals surface area (Å²) in [5.41, 5.74) is 3.09. The fourth-order valence-corrected chi connectivity index (χ4v) is 3.23. The lowest BCUT2D eigenvalue weighted by Crippen LogP contribution is -1.97. The van der Waals surface area contributed by atoms with Crippen LogP contribution in [-0.4, -0.2) is 0 Å². The van der Waals surface area contributed by atoms with E-state index in [4.69, 9.17) is 27.9 Å². The second kappa shape index (κ2) is 9.10. The molecule has 0 aliphatic heterocycles. The molecule has 0 amide bonds. The molecule has 3 rings (SSSR count). The molecule has 0 unspecified atom stereocenters. The van der Waals surface area contributed by atoms with Gasteiger partial charge in [-0.2, -0.15) is 5.26 Å². The maximum absolute atomic E-state index is 9.59. The Morgan fingerprint density at radius 2 is 1.78 bits per heavy atom. The third-order valence-corrected chi connectivity index (χ3v) is 4.81. The molecule has 134 valence electrons. The first-order valence-corrected chi connectivity index (χ1v) is 9.64. The molecular formula is C22H14BrCl2NO. The van der Waals surface area contributed by atoms with Gasteiger partial charge in [0.1, 0.15) is 12.4 Å². The zero-order valence-corrected chi connectivity index (χ0v) is 17.2. The number of rotatable bonds is 5. The molecule has 0 aliphatic rings. The summed E-state index contributed by atoms with van der Waals surface area (Å²) in [6.45, 7) is 0.381. The Bertz CT molecular complexity index is 1020. The molecule has 0 saturated carbocycles. The first kappa shape index (κ1) is 19.5. The first-order chi connectivity index (χ1) is 13.0. The molecule has 2 nitrogen and oxygen atoms in total. The molecule has 0 fully saturated rings. The van der Waals surface area contributed by atoms with Gasteiger partial charge in [-0.05, 0) is 59.7 Å². The van der Waals surface area contributed by atoms with Crippen LogP contribution in [-0.2, 0) is 6.61 Å². The smallest absolute Gasteiger partial charge is 0.127 e. The molecule has 3 aromatic carbocycles. The van der Waals surface area contributed by atoms with Crippen LogP contribution in [0.25, 0.3) is 11.6 Å². The number of allylic oxidation sites excluding steroid dienone is 1. The summed E-state index contributed by atoms with van der Waals surface area (Å²) in [5, 5.41) is 10.9. The lowest BCUT2D eigenvalue weighted by molar-refractivity contribution is 0.305. The highest BCUT2D eigenvalue weighted by Gasteiger charge is 2.07. The number of ether oxygens (including phenoxy) is 1. The summed E-state index contributed by atoms with van der Waals surface area (Å²) in [4.78, 5) is 0.